The summed E-state index contributed by atoms with van der Waals surface area (Å²) >= 11 is 0. The average Bonchev–Trinajstić information content (AvgIpc) is 3.49. The lowest BCUT2D eigenvalue weighted by atomic mass is 9.98. The van der Waals surface area contributed by atoms with Crippen LogP contribution in [0, 0.1) is 5.92 Å². The van der Waals surface area contributed by atoms with Gasteiger partial charge in [0.25, 0.3) is 0 Å². The van der Waals surface area contributed by atoms with Gasteiger partial charge in [0.15, 0.2) is 6.04 Å². The molecule has 0 fully saturated rings. The summed E-state index contributed by atoms with van der Waals surface area (Å²) in [6.07, 6.45) is 2.56. The van der Waals surface area contributed by atoms with Gasteiger partial charge in [-0.1, -0.05) is 91.0 Å². The Morgan fingerprint density at radius 2 is 1.40 bits per heavy atom. The Morgan fingerprint density at radius 3 is 2.02 bits per heavy atom. The zero-order chi connectivity index (χ0) is 38.2. The third-order valence-corrected chi connectivity index (χ3v) is 8.73. The molecule has 3 amide bonds. The molecule has 4 atom stereocenters. The minimum atomic E-state index is -1.45. The van der Waals surface area contributed by atoms with Crippen LogP contribution >= 0.6 is 0 Å². The SMILES string of the molecule is C=CCCC(NC(=O)OCC1c2ccccc2-c2ccccc21)C(=O)OCC(NC(=O)C(CC=C)CC(=O)NC(C)CO)C(=O)OCc1ccccc1. The molecule has 12 heteroatoms. The van der Waals surface area contributed by atoms with E-state index >= 15 is 0 Å². The lowest BCUT2D eigenvalue weighted by molar-refractivity contribution is -0.156. The molecule has 3 aromatic carbocycles. The summed E-state index contributed by atoms with van der Waals surface area (Å²) in [5.74, 6) is -4.00. The standard InChI is InChI=1S/C41H47N3O9/c1-4-6-21-35(44-41(50)53-25-34-32-19-12-10-17-30(32)31-18-11-13-20-33(31)34)39(48)52-26-36(40(49)51-24-28-15-8-7-9-16-28)43-38(47)29(14-5-2)22-37(46)42-27(3)23-45/h4-5,7-13,15-20,27,29,34-36,45H,1-2,6,14,21-26H2,3H3,(H,42,46)(H,43,47)(H,44,50). The number of carbonyl (C=O) groups is 5. The monoisotopic (exact) mass is 725 g/mol. The van der Waals surface area contributed by atoms with E-state index in [-0.39, 0.29) is 45.0 Å². The highest BCUT2D eigenvalue weighted by molar-refractivity contribution is 5.90. The van der Waals surface area contributed by atoms with Gasteiger partial charge in [-0.3, -0.25) is 9.59 Å². The maximum Gasteiger partial charge on any atom is 0.407 e. The van der Waals surface area contributed by atoms with E-state index in [4.69, 9.17) is 14.2 Å². The van der Waals surface area contributed by atoms with E-state index in [1.807, 2.05) is 54.6 Å². The zero-order valence-corrected chi connectivity index (χ0v) is 29.8. The lowest BCUT2D eigenvalue weighted by Gasteiger charge is -2.23. The Kier molecular flexibility index (Phi) is 15.4. The van der Waals surface area contributed by atoms with Gasteiger partial charge in [-0.25, -0.2) is 14.4 Å². The fraction of sp³-hybridized carbons (Fsp3) is 0.341. The number of carbonyl (C=O) groups excluding carboxylic acids is 5. The number of hydrogen-bond acceptors (Lipinski definition) is 9. The van der Waals surface area contributed by atoms with E-state index in [1.54, 1.807) is 37.3 Å². The summed E-state index contributed by atoms with van der Waals surface area (Å²) in [5.41, 5.74) is 4.91. The molecule has 0 aliphatic heterocycles. The number of fused-ring (bicyclic) bond motifs is 3. The topological polar surface area (TPSA) is 169 Å². The Labute approximate surface area is 309 Å². The van der Waals surface area contributed by atoms with Gasteiger partial charge in [0.1, 0.15) is 25.9 Å². The molecule has 3 aromatic rings. The number of esters is 2. The average molecular weight is 726 g/mol. The van der Waals surface area contributed by atoms with Crippen molar-refractivity contribution in [1.29, 1.82) is 0 Å². The van der Waals surface area contributed by atoms with Crippen LogP contribution in [0.5, 0.6) is 0 Å². The molecule has 0 radical (unpaired) electrons. The van der Waals surface area contributed by atoms with Gasteiger partial charge in [0, 0.05) is 18.4 Å². The van der Waals surface area contributed by atoms with Crippen molar-refractivity contribution in [3.63, 3.8) is 0 Å². The van der Waals surface area contributed by atoms with Crippen LogP contribution in [-0.2, 0) is 40.0 Å². The van der Waals surface area contributed by atoms with E-state index in [9.17, 15) is 29.1 Å². The first-order valence-electron chi connectivity index (χ1n) is 17.6. The smallest absolute Gasteiger partial charge is 0.407 e. The number of alkyl carbamates (subject to hydrolysis) is 1. The molecule has 4 N–H and O–H groups in total. The molecule has 0 bridgehead atoms. The second-order valence-electron chi connectivity index (χ2n) is 12.7. The number of rotatable bonds is 20. The summed E-state index contributed by atoms with van der Waals surface area (Å²) in [6.45, 7) is 7.99. The molecule has 0 aromatic heterocycles. The van der Waals surface area contributed by atoms with Crippen LogP contribution in [0.3, 0.4) is 0 Å². The maximum absolute atomic E-state index is 13.4. The molecule has 4 rings (SSSR count). The highest BCUT2D eigenvalue weighted by Crippen LogP contribution is 2.44. The summed E-state index contributed by atoms with van der Waals surface area (Å²) in [4.78, 5) is 65.7. The summed E-state index contributed by atoms with van der Waals surface area (Å²) in [7, 11) is 0. The predicted molar refractivity (Wildman–Crippen MR) is 198 cm³/mol. The zero-order valence-electron chi connectivity index (χ0n) is 29.8. The molecule has 1 aliphatic rings. The molecule has 0 spiro atoms. The minimum Gasteiger partial charge on any atom is -0.461 e. The molecular formula is C41H47N3O9. The summed E-state index contributed by atoms with van der Waals surface area (Å²) in [5, 5.41) is 17.0. The largest absolute Gasteiger partial charge is 0.461 e. The van der Waals surface area contributed by atoms with Gasteiger partial charge in [0.05, 0.1) is 12.5 Å². The lowest BCUT2D eigenvalue weighted by Crippen LogP contribution is -2.49. The van der Waals surface area contributed by atoms with Crippen molar-refractivity contribution >= 4 is 29.8 Å². The second-order valence-corrected chi connectivity index (χ2v) is 12.7. The van der Waals surface area contributed by atoms with E-state index in [2.05, 4.69) is 29.1 Å². The van der Waals surface area contributed by atoms with Crippen LogP contribution in [-0.4, -0.2) is 72.9 Å². The highest BCUT2D eigenvalue weighted by Gasteiger charge is 2.32. The number of allylic oxidation sites excluding steroid dienone is 2. The van der Waals surface area contributed by atoms with Gasteiger partial charge in [-0.2, -0.15) is 0 Å². The molecule has 12 nitrogen and oxygen atoms in total. The van der Waals surface area contributed by atoms with Gasteiger partial charge < -0.3 is 35.3 Å². The van der Waals surface area contributed by atoms with Crippen molar-refractivity contribution in [1.82, 2.24) is 16.0 Å². The Bertz CT molecular complexity index is 1700. The van der Waals surface area contributed by atoms with Crippen LogP contribution < -0.4 is 16.0 Å². The molecule has 0 saturated heterocycles. The number of benzene rings is 3. The molecular weight excluding hydrogens is 678 g/mol. The van der Waals surface area contributed by atoms with Crippen molar-refractivity contribution in [3.05, 3.63) is 121 Å². The van der Waals surface area contributed by atoms with E-state index in [0.29, 0.717) is 12.0 Å². The normalized spacial score (nSPS) is 13.8. The molecule has 4 unspecified atom stereocenters. The third kappa shape index (κ3) is 11.6. The molecule has 0 saturated carbocycles. The number of nitrogens with one attached hydrogen (secondary N) is 3. The van der Waals surface area contributed by atoms with Crippen molar-refractivity contribution in [2.45, 2.75) is 63.3 Å². The first kappa shape index (κ1) is 40.0. The Hall–Kier alpha value is -5.75. The van der Waals surface area contributed by atoms with E-state index in [0.717, 1.165) is 22.3 Å². The summed E-state index contributed by atoms with van der Waals surface area (Å²) in [6, 6.07) is 21.6. The maximum atomic E-state index is 13.4. The first-order valence-corrected chi connectivity index (χ1v) is 17.6. The van der Waals surface area contributed by atoms with Crippen molar-refractivity contribution < 1.29 is 43.3 Å². The molecule has 280 valence electrons. The van der Waals surface area contributed by atoms with Crippen LogP contribution in [0.4, 0.5) is 4.79 Å². The minimum absolute atomic E-state index is 0.0350. The number of hydrogen-bond donors (Lipinski definition) is 4. The third-order valence-electron chi connectivity index (χ3n) is 8.73. The first-order chi connectivity index (χ1) is 25.6. The number of aliphatic hydroxyl groups is 1. The van der Waals surface area contributed by atoms with Gasteiger partial charge in [-0.15, -0.1) is 13.2 Å². The number of aliphatic hydroxyl groups excluding tert-OH is 1. The fourth-order valence-corrected chi connectivity index (χ4v) is 5.96. The molecule has 53 heavy (non-hydrogen) atoms. The molecule has 1 aliphatic carbocycles. The Balaban J connectivity index is 1.42. The number of ether oxygens (including phenoxy) is 3. The fourth-order valence-electron chi connectivity index (χ4n) is 5.96. The summed E-state index contributed by atoms with van der Waals surface area (Å²) < 4.78 is 16.6. The van der Waals surface area contributed by atoms with Crippen LogP contribution in [0.15, 0.2) is 104 Å². The highest BCUT2D eigenvalue weighted by atomic mass is 16.6. The van der Waals surface area contributed by atoms with Crippen molar-refractivity contribution in [2.75, 3.05) is 19.8 Å². The van der Waals surface area contributed by atoms with Crippen molar-refractivity contribution in [2.24, 2.45) is 5.92 Å². The Morgan fingerprint density at radius 1 is 0.774 bits per heavy atom. The van der Waals surface area contributed by atoms with Gasteiger partial charge >= 0.3 is 18.0 Å². The van der Waals surface area contributed by atoms with Crippen LogP contribution in [0.1, 0.15) is 55.2 Å². The molecule has 0 heterocycles. The van der Waals surface area contributed by atoms with Crippen LogP contribution in [0.2, 0.25) is 0 Å². The quantitative estimate of drug-likeness (QED) is 0.0732. The van der Waals surface area contributed by atoms with E-state index < -0.39 is 60.5 Å². The van der Waals surface area contributed by atoms with Crippen LogP contribution in [0.25, 0.3) is 11.1 Å². The van der Waals surface area contributed by atoms with Gasteiger partial charge in [-0.05, 0) is 54.0 Å². The van der Waals surface area contributed by atoms with Crippen molar-refractivity contribution in [3.8, 4) is 11.1 Å². The number of amides is 3. The second kappa shape index (κ2) is 20.3. The predicted octanol–water partition coefficient (Wildman–Crippen LogP) is 4.71. The van der Waals surface area contributed by atoms with Gasteiger partial charge in [0.2, 0.25) is 11.8 Å². The van der Waals surface area contributed by atoms with E-state index in [1.165, 1.54) is 6.08 Å².